The molecule has 2 heterocycles. The molecule has 19 heavy (non-hydrogen) atoms. The minimum Gasteiger partial charge on any atom is -0.302 e. The van der Waals surface area contributed by atoms with Crippen molar-refractivity contribution in [1.82, 2.24) is 13.4 Å². The summed E-state index contributed by atoms with van der Waals surface area (Å²) in [4.78, 5) is 23.7. The highest BCUT2D eigenvalue weighted by Crippen LogP contribution is 2.12. The topological polar surface area (TPSA) is 81.4 Å². The Hall–Kier alpha value is -0.680. The van der Waals surface area contributed by atoms with Crippen molar-refractivity contribution in [1.29, 1.82) is 0 Å². The molecule has 0 spiro atoms. The number of aromatic nitrogens is 2. The maximum Gasteiger partial charge on any atom is 0.330 e. The maximum absolute atomic E-state index is 11.9. The predicted molar refractivity (Wildman–Crippen MR) is 78.6 cm³/mol. The van der Waals surface area contributed by atoms with Crippen LogP contribution in [0.2, 0.25) is 0 Å². The second kappa shape index (κ2) is 5.37. The van der Waals surface area contributed by atoms with Gasteiger partial charge in [0, 0.05) is 32.9 Å². The third-order valence-corrected chi connectivity index (χ3v) is 5.76. The van der Waals surface area contributed by atoms with Crippen molar-refractivity contribution in [2.75, 3.05) is 18.8 Å². The van der Waals surface area contributed by atoms with E-state index in [9.17, 15) is 18.0 Å². The van der Waals surface area contributed by atoms with Crippen molar-refractivity contribution in [2.24, 2.45) is 7.05 Å². The number of halogens is 1. The van der Waals surface area contributed by atoms with Gasteiger partial charge in [-0.1, -0.05) is 0 Å². The second-order valence-electron chi connectivity index (χ2n) is 4.40. The first-order chi connectivity index (χ1) is 8.83. The zero-order valence-corrected chi connectivity index (χ0v) is 13.3. The third kappa shape index (κ3) is 2.92. The molecule has 0 bridgehead atoms. The number of sulfonamides is 1. The molecule has 0 N–H and O–H groups in total. The molecule has 106 valence electrons. The Kier molecular flexibility index (Phi) is 4.16. The first kappa shape index (κ1) is 14.7. The van der Waals surface area contributed by atoms with Crippen LogP contribution >= 0.6 is 22.6 Å². The van der Waals surface area contributed by atoms with E-state index in [1.54, 1.807) is 7.05 Å². The summed E-state index contributed by atoms with van der Waals surface area (Å²) < 4.78 is 27.4. The SMILES string of the molecule is Cn1cc(I)c(=O)n(CCN2CCCS2(=O)=O)c1=O. The van der Waals surface area contributed by atoms with Crippen LogP contribution in [0.25, 0.3) is 0 Å². The Morgan fingerprint density at radius 1 is 1.32 bits per heavy atom. The largest absolute Gasteiger partial charge is 0.330 e. The van der Waals surface area contributed by atoms with Crippen molar-refractivity contribution in [3.63, 3.8) is 0 Å². The van der Waals surface area contributed by atoms with Gasteiger partial charge in [0.05, 0.1) is 9.32 Å². The predicted octanol–water partition coefficient (Wildman–Crippen LogP) is -0.813. The summed E-state index contributed by atoms with van der Waals surface area (Å²) in [7, 11) is -1.63. The molecule has 0 amide bonds. The van der Waals surface area contributed by atoms with Gasteiger partial charge in [0.25, 0.3) is 5.56 Å². The van der Waals surface area contributed by atoms with E-state index in [2.05, 4.69) is 0 Å². The van der Waals surface area contributed by atoms with Gasteiger partial charge in [0.1, 0.15) is 0 Å². The number of nitrogens with zero attached hydrogens (tertiary/aromatic N) is 3. The fourth-order valence-corrected chi connectivity index (χ4v) is 4.27. The zero-order valence-electron chi connectivity index (χ0n) is 10.4. The standard InChI is InChI=1S/C10H14IN3O4S/c1-12-7-8(11)9(15)14(10(12)16)5-4-13-3-2-6-19(13,17)18/h7H,2-6H2,1H3. The average Bonchev–Trinajstić information content (AvgIpc) is 2.66. The van der Waals surface area contributed by atoms with Crippen molar-refractivity contribution in [3.8, 4) is 0 Å². The summed E-state index contributed by atoms with van der Waals surface area (Å²) in [5.41, 5.74) is -0.803. The van der Waals surface area contributed by atoms with E-state index in [0.29, 0.717) is 16.5 Å². The van der Waals surface area contributed by atoms with E-state index in [4.69, 9.17) is 0 Å². The van der Waals surface area contributed by atoms with E-state index in [1.165, 1.54) is 15.1 Å². The summed E-state index contributed by atoms with van der Waals surface area (Å²) in [6.07, 6.45) is 2.07. The summed E-state index contributed by atoms with van der Waals surface area (Å²) >= 11 is 1.86. The lowest BCUT2D eigenvalue weighted by Gasteiger charge is -2.15. The average molecular weight is 399 g/mol. The molecule has 1 aromatic rings. The Labute approximate surface area is 124 Å². The molecule has 0 atom stereocenters. The van der Waals surface area contributed by atoms with E-state index in [-0.39, 0.29) is 24.4 Å². The molecule has 1 fully saturated rings. The number of hydrogen-bond acceptors (Lipinski definition) is 4. The van der Waals surface area contributed by atoms with Crippen LogP contribution in [0.3, 0.4) is 0 Å². The third-order valence-electron chi connectivity index (χ3n) is 3.07. The molecule has 1 aliphatic rings. The minimum absolute atomic E-state index is 0.0849. The van der Waals surface area contributed by atoms with Gasteiger partial charge in [-0.2, -0.15) is 0 Å². The zero-order chi connectivity index (χ0) is 14.2. The molecule has 2 rings (SSSR count). The molecule has 1 saturated heterocycles. The molecular weight excluding hydrogens is 385 g/mol. The van der Waals surface area contributed by atoms with E-state index >= 15 is 0 Å². The molecular formula is C10H14IN3O4S. The van der Waals surface area contributed by atoms with Gasteiger partial charge in [0.15, 0.2) is 0 Å². The lowest BCUT2D eigenvalue weighted by atomic mass is 10.4. The summed E-state index contributed by atoms with van der Waals surface area (Å²) in [5.74, 6) is 0.145. The fourth-order valence-electron chi connectivity index (χ4n) is 2.04. The quantitative estimate of drug-likeness (QED) is 0.623. The van der Waals surface area contributed by atoms with E-state index in [1.807, 2.05) is 22.6 Å². The number of rotatable bonds is 3. The lowest BCUT2D eigenvalue weighted by Crippen LogP contribution is -2.42. The number of hydrogen-bond donors (Lipinski definition) is 0. The van der Waals surface area contributed by atoms with Crippen LogP contribution in [0.1, 0.15) is 6.42 Å². The molecule has 0 saturated carbocycles. The van der Waals surface area contributed by atoms with Crippen LogP contribution in [0, 0.1) is 3.57 Å². The van der Waals surface area contributed by atoms with E-state index < -0.39 is 15.7 Å². The van der Waals surface area contributed by atoms with Crippen molar-refractivity contribution < 1.29 is 8.42 Å². The van der Waals surface area contributed by atoms with Gasteiger partial charge in [-0.15, -0.1) is 0 Å². The Morgan fingerprint density at radius 3 is 2.58 bits per heavy atom. The van der Waals surface area contributed by atoms with Gasteiger partial charge < -0.3 is 4.57 Å². The smallest absolute Gasteiger partial charge is 0.302 e. The Balaban J connectivity index is 2.26. The molecule has 0 aromatic carbocycles. The van der Waals surface area contributed by atoms with Crippen LogP contribution in [-0.4, -0.2) is 40.7 Å². The van der Waals surface area contributed by atoms with Gasteiger partial charge >= 0.3 is 5.69 Å². The highest BCUT2D eigenvalue weighted by molar-refractivity contribution is 14.1. The van der Waals surface area contributed by atoms with Crippen molar-refractivity contribution in [3.05, 3.63) is 30.6 Å². The Morgan fingerprint density at radius 2 is 2.00 bits per heavy atom. The summed E-state index contributed by atoms with van der Waals surface area (Å²) in [5, 5.41) is 0. The van der Waals surface area contributed by atoms with Crippen LogP contribution in [-0.2, 0) is 23.6 Å². The first-order valence-electron chi connectivity index (χ1n) is 5.77. The van der Waals surface area contributed by atoms with Gasteiger partial charge in [-0.3, -0.25) is 9.36 Å². The summed E-state index contributed by atoms with van der Waals surface area (Å²) in [6, 6.07) is 0. The maximum atomic E-state index is 11.9. The second-order valence-corrected chi connectivity index (χ2v) is 7.65. The van der Waals surface area contributed by atoms with Crippen molar-refractivity contribution >= 4 is 32.6 Å². The summed E-state index contributed by atoms with van der Waals surface area (Å²) in [6.45, 7) is 0.709. The molecule has 1 aromatic heterocycles. The molecule has 7 nitrogen and oxygen atoms in total. The highest BCUT2D eigenvalue weighted by atomic mass is 127. The van der Waals surface area contributed by atoms with Gasteiger partial charge in [-0.25, -0.2) is 17.5 Å². The molecule has 1 aliphatic heterocycles. The van der Waals surface area contributed by atoms with Crippen LogP contribution < -0.4 is 11.2 Å². The normalized spacial score (nSPS) is 18.8. The van der Waals surface area contributed by atoms with E-state index in [0.717, 1.165) is 4.57 Å². The Bertz CT molecular complexity index is 672. The molecule has 9 heteroatoms. The molecule has 0 aliphatic carbocycles. The molecule has 0 unspecified atom stereocenters. The first-order valence-corrected chi connectivity index (χ1v) is 8.45. The van der Waals surface area contributed by atoms with Crippen molar-refractivity contribution in [2.45, 2.75) is 13.0 Å². The van der Waals surface area contributed by atoms with Gasteiger partial charge in [-0.05, 0) is 29.0 Å². The molecule has 0 radical (unpaired) electrons. The lowest BCUT2D eigenvalue weighted by molar-refractivity contribution is 0.408. The fraction of sp³-hybridized carbons (Fsp3) is 0.600. The van der Waals surface area contributed by atoms with Crippen LogP contribution in [0.5, 0.6) is 0 Å². The minimum atomic E-state index is -3.20. The highest BCUT2D eigenvalue weighted by Gasteiger charge is 2.27. The van der Waals surface area contributed by atoms with Crippen LogP contribution in [0.4, 0.5) is 0 Å². The van der Waals surface area contributed by atoms with Gasteiger partial charge in [0.2, 0.25) is 10.0 Å². The number of aryl methyl sites for hydroxylation is 1. The monoisotopic (exact) mass is 399 g/mol. The van der Waals surface area contributed by atoms with Crippen LogP contribution in [0.15, 0.2) is 15.8 Å².